The normalized spacial score (nSPS) is 10.7. The van der Waals surface area contributed by atoms with E-state index in [9.17, 15) is 14.4 Å². The maximum Gasteiger partial charge on any atom is 0.325 e. The van der Waals surface area contributed by atoms with E-state index in [-0.39, 0.29) is 24.4 Å². The topological polar surface area (TPSA) is 75.7 Å². The first-order chi connectivity index (χ1) is 10.8. The molecular formula is C17H22N2O4. The van der Waals surface area contributed by atoms with Crippen LogP contribution < -0.4 is 5.32 Å². The highest BCUT2D eigenvalue weighted by Gasteiger charge is 2.18. The number of hydrogen-bond donors (Lipinski definition) is 1. The van der Waals surface area contributed by atoms with E-state index in [0.29, 0.717) is 5.69 Å². The Morgan fingerprint density at radius 3 is 2.30 bits per heavy atom. The van der Waals surface area contributed by atoms with E-state index in [1.165, 1.54) is 25.0 Å². The number of benzene rings is 1. The van der Waals surface area contributed by atoms with E-state index in [4.69, 9.17) is 0 Å². The van der Waals surface area contributed by atoms with Crippen LogP contribution in [0.4, 0.5) is 5.69 Å². The predicted octanol–water partition coefficient (Wildman–Crippen LogP) is 2.07. The van der Waals surface area contributed by atoms with Crippen LogP contribution in [0, 0.1) is 0 Å². The first-order valence-electron chi connectivity index (χ1n) is 7.26. The van der Waals surface area contributed by atoms with Crippen molar-refractivity contribution < 1.29 is 19.1 Å². The fourth-order valence-electron chi connectivity index (χ4n) is 1.86. The molecule has 0 spiro atoms. The molecule has 1 N–H and O–H groups in total. The Hall–Kier alpha value is -2.63. The van der Waals surface area contributed by atoms with Gasteiger partial charge in [-0.25, -0.2) is 0 Å². The highest BCUT2D eigenvalue weighted by atomic mass is 16.5. The zero-order valence-electron chi connectivity index (χ0n) is 13.8. The monoisotopic (exact) mass is 318 g/mol. The Bertz CT molecular complexity index is 591. The second-order valence-corrected chi connectivity index (χ2v) is 5.27. The summed E-state index contributed by atoms with van der Waals surface area (Å²) in [7, 11) is 1.29. The Morgan fingerprint density at radius 2 is 1.83 bits per heavy atom. The number of nitrogens with zero attached hydrogens (tertiary/aromatic N) is 1. The molecule has 6 heteroatoms. The van der Waals surface area contributed by atoms with Gasteiger partial charge in [0, 0.05) is 24.7 Å². The molecule has 0 heterocycles. The van der Waals surface area contributed by atoms with Crippen LogP contribution in [0.25, 0.3) is 6.08 Å². The van der Waals surface area contributed by atoms with Gasteiger partial charge in [-0.15, -0.1) is 0 Å². The van der Waals surface area contributed by atoms with Crippen molar-refractivity contribution in [3.05, 3.63) is 35.9 Å². The third kappa shape index (κ3) is 6.34. The summed E-state index contributed by atoms with van der Waals surface area (Å²) in [5.41, 5.74) is 1.50. The molecule has 0 atom stereocenters. The number of ether oxygens (including phenoxy) is 1. The van der Waals surface area contributed by atoms with E-state index >= 15 is 0 Å². The van der Waals surface area contributed by atoms with Gasteiger partial charge in [-0.05, 0) is 37.6 Å². The van der Waals surface area contributed by atoms with Crippen molar-refractivity contribution in [3.8, 4) is 0 Å². The standard InChI is InChI=1S/C17H22N2O4/c1-12(2)19(11-17(22)23-4)16(21)10-7-14-5-8-15(9-6-14)18-13(3)20/h5-10,12H,11H2,1-4H3,(H,18,20)/b10-7+. The predicted molar refractivity (Wildman–Crippen MR) is 88.6 cm³/mol. The minimum atomic E-state index is -0.458. The summed E-state index contributed by atoms with van der Waals surface area (Å²) >= 11 is 0. The van der Waals surface area contributed by atoms with Crippen molar-refractivity contribution in [2.75, 3.05) is 19.0 Å². The molecule has 0 saturated carbocycles. The second kappa shape index (κ2) is 8.73. The number of hydrogen-bond acceptors (Lipinski definition) is 4. The molecule has 0 fully saturated rings. The van der Waals surface area contributed by atoms with Crippen LogP contribution in [-0.4, -0.2) is 42.4 Å². The Labute approximate surface area is 136 Å². The van der Waals surface area contributed by atoms with E-state index in [1.54, 1.807) is 30.3 Å². The van der Waals surface area contributed by atoms with Crippen molar-refractivity contribution in [2.24, 2.45) is 0 Å². The van der Waals surface area contributed by atoms with Crippen molar-refractivity contribution in [1.82, 2.24) is 4.90 Å². The molecule has 1 aromatic carbocycles. The molecule has 0 bridgehead atoms. The van der Waals surface area contributed by atoms with Gasteiger partial charge in [-0.3, -0.25) is 14.4 Å². The molecule has 23 heavy (non-hydrogen) atoms. The summed E-state index contributed by atoms with van der Waals surface area (Å²) < 4.78 is 4.60. The molecule has 0 aromatic heterocycles. The van der Waals surface area contributed by atoms with Gasteiger partial charge in [0.25, 0.3) is 0 Å². The average Bonchev–Trinajstić information content (AvgIpc) is 2.50. The molecule has 1 rings (SSSR count). The summed E-state index contributed by atoms with van der Waals surface area (Å²) in [5.74, 6) is -0.865. The Kier molecular flexibility index (Phi) is 6.99. The number of rotatable bonds is 6. The lowest BCUT2D eigenvalue weighted by Gasteiger charge is -2.24. The zero-order chi connectivity index (χ0) is 17.4. The summed E-state index contributed by atoms with van der Waals surface area (Å²) in [6.07, 6.45) is 3.07. The fourth-order valence-corrected chi connectivity index (χ4v) is 1.86. The van der Waals surface area contributed by atoms with Crippen molar-refractivity contribution in [3.63, 3.8) is 0 Å². The van der Waals surface area contributed by atoms with Gasteiger partial charge in [0.15, 0.2) is 0 Å². The average molecular weight is 318 g/mol. The molecule has 0 radical (unpaired) electrons. The maximum absolute atomic E-state index is 12.2. The van der Waals surface area contributed by atoms with Crippen LogP contribution in [0.2, 0.25) is 0 Å². The fraction of sp³-hybridized carbons (Fsp3) is 0.353. The molecule has 0 aliphatic carbocycles. The van der Waals surface area contributed by atoms with Crippen LogP contribution in [0.3, 0.4) is 0 Å². The lowest BCUT2D eigenvalue weighted by molar-refractivity contribution is -0.146. The van der Waals surface area contributed by atoms with Crippen molar-refractivity contribution >= 4 is 29.5 Å². The number of carbonyl (C=O) groups excluding carboxylic acids is 3. The van der Waals surface area contributed by atoms with Crippen molar-refractivity contribution in [1.29, 1.82) is 0 Å². The molecule has 124 valence electrons. The highest BCUT2D eigenvalue weighted by Crippen LogP contribution is 2.11. The highest BCUT2D eigenvalue weighted by molar-refractivity contribution is 5.94. The maximum atomic E-state index is 12.2. The first-order valence-corrected chi connectivity index (χ1v) is 7.26. The van der Waals surface area contributed by atoms with Crippen LogP contribution in [0.1, 0.15) is 26.3 Å². The van der Waals surface area contributed by atoms with Gasteiger partial charge in [-0.1, -0.05) is 12.1 Å². The SMILES string of the molecule is COC(=O)CN(C(=O)/C=C/c1ccc(NC(C)=O)cc1)C(C)C. The van der Waals surface area contributed by atoms with Crippen LogP contribution >= 0.6 is 0 Å². The summed E-state index contributed by atoms with van der Waals surface area (Å²) in [4.78, 5) is 35.9. The summed E-state index contributed by atoms with van der Waals surface area (Å²) in [5, 5.41) is 2.67. The third-order valence-electron chi connectivity index (χ3n) is 3.08. The molecule has 0 unspecified atom stereocenters. The largest absolute Gasteiger partial charge is 0.468 e. The lowest BCUT2D eigenvalue weighted by Crippen LogP contribution is -2.40. The van der Waals surface area contributed by atoms with Gasteiger partial charge in [0.05, 0.1) is 7.11 Å². The van der Waals surface area contributed by atoms with Crippen LogP contribution in [0.5, 0.6) is 0 Å². The van der Waals surface area contributed by atoms with Gasteiger partial charge in [0.2, 0.25) is 11.8 Å². The Morgan fingerprint density at radius 1 is 1.22 bits per heavy atom. The van der Waals surface area contributed by atoms with E-state index in [0.717, 1.165) is 5.56 Å². The molecule has 0 saturated heterocycles. The minimum Gasteiger partial charge on any atom is -0.468 e. The first kappa shape index (κ1) is 18.4. The van der Waals surface area contributed by atoms with Gasteiger partial charge in [0.1, 0.15) is 6.54 Å². The molecular weight excluding hydrogens is 296 g/mol. The number of esters is 1. The quantitative estimate of drug-likeness (QED) is 0.643. The number of anilines is 1. The number of carbonyl (C=O) groups is 3. The zero-order valence-corrected chi connectivity index (χ0v) is 13.8. The van der Waals surface area contributed by atoms with Crippen molar-refractivity contribution in [2.45, 2.75) is 26.8 Å². The van der Waals surface area contributed by atoms with Gasteiger partial charge < -0.3 is 15.0 Å². The smallest absolute Gasteiger partial charge is 0.325 e. The van der Waals surface area contributed by atoms with E-state index in [2.05, 4.69) is 10.1 Å². The van der Waals surface area contributed by atoms with Crippen LogP contribution in [-0.2, 0) is 19.1 Å². The van der Waals surface area contributed by atoms with Gasteiger partial charge >= 0.3 is 5.97 Å². The molecule has 0 aliphatic rings. The summed E-state index contributed by atoms with van der Waals surface area (Å²) in [6, 6.07) is 6.96. The molecule has 2 amide bonds. The second-order valence-electron chi connectivity index (χ2n) is 5.27. The number of nitrogens with one attached hydrogen (secondary N) is 1. The molecule has 0 aliphatic heterocycles. The summed E-state index contributed by atoms with van der Waals surface area (Å²) in [6.45, 7) is 5.01. The van der Waals surface area contributed by atoms with Crippen LogP contribution in [0.15, 0.2) is 30.3 Å². The Balaban J connectivity index is 2.75. The molecule has 6 nitrogen and oxygen atoms in total. The van der Waals surface area contributed by atoms with Gasteiger partial charge in [-0.2, -0.15) is 0 Å². The third-order valence-corrected chi connectivity index (χ3v) is 3.08. The molecule has 1 aromatic rings. The van der Waals surface area contributed by atoms with E-state index in [1.807, 2.05) is 13.8 Å². The lowest BCUT2D eigenvalue weighted by atomic mass is 10.2. The van der Waals surface area contributed by atoms with E-state index < -0.39 is 5.97 Å². The number of methoxy groups -OCH3 is 1. The number of amides is 2. The minimum absolute atomic E-state index is 0.0845.